The standard InChI is InChI=1S/C18H22N4O3S/c1-4-8-19-15(23)11(3)20-16(24)12-6-7-13-14(10-12)21-18(26)22(9-5-2)17(13)25/h5-7,10-11H,2,4,8-9H2,1,3H3,(H,19,23)(H,20,24)(H,21,26). The number of hydrogen-bond donors (Lipinski definition) is 3. The lowest BCUT2D eigenvalue weighted by Gasteiger charge is -2.14. The van der Waals surface area contributed by atoms with E-state index in [9.17, 15) is 14.4 Å². The fourth-order valence-electron chi connectivity index (χ4n) is 2.44. The molecule has 0 aliphatic rings. The predicted molar refractivity (Wildman–Crippen MR) is 104 cm³/mol. The highest BCUT2D eigenvalue weighted by Gasteiger charge is 2.17. The van der Waals surface area contributed by atoms with E-state index in [0.29, 0.717) is 29.6 Å². The van der Waals surface area contributed by atoms with Crippen molar-refractivity contribution < 1.29 is 9.59 Å². The number of aromatic amines is 1. The van der Waals surface area contributed by atoms with Gasteiger partial charge in [-0.1, -0.05) is 13.0 Å². The van der Waals surface area contributed by atoms with Gasteiger partial charge in [0, 0.05) is 18.7 Å². The van der Waals surface area contributed by atoms with Crippen molar-refractivity contribution in [3.63, 3.8) is 0 Å². The van der Waals surface area contributed by atoms with Gasteiger partial charge < -0.3 is 15.6 Å². The van der Waals surface area contributed by atoms with E-state index in [1.165, 1.54) is 4.57 Å². The lowest BCUT2D eigenvalue weighted by atomic mass is 10.1. The van der Waals surface area contributed by atoms with Gasteiger partial charge in [-0.05, 0) is 43.8 Å². The SMILES string of the molecule is C=CCn1c(=S)[nH]c2cc(C(=O)NC(C)C(=O)NCCC)ccc2c1=O. The number of carbonyl (C=O) groups excluding carboxylic acids is 2. The van der Waals surface area contributed by atoms with Gasteiger partial charge in [-0.15, -0.1) is 6.58 Å². The normalized spacial score (nSPS) is 11.8. The van der Waals surface area contributed by atoms with Crippen LogP contribution in [-0.2, 0) is 11.3 Å². The third-order valence-corrected chi connectivity index (χ3v) is 4.17. The summed E-state index contributed by atoms with van der Waals surface area (Å²) in [5, 5.41) is 5.79. The summed E-state index contributed by atoms with van der Waals surface area (Å²) in [6.45, 7) is 8.04. The highest BCUT2D eigenvalue weighted by molar-refractivity contribution is 7.71. The van der Waals surface area contributed by atoms with Crippen molar-refractivity contribution in [2.45, 2.75) is 32.9 Å². The molecule has 0 spiro atoms. The van der Waals surface area contributed by atoms with E-state index in [0.717, 1.165) is 6.42 Å². The van der Waals surface area contributed by atoms with Crippen LogP contribution in [0.4, 0.5) is 0 Å². The van der Waals surface area contributed by atoms with Crippen LogP contribution in [-0.4, -0.2) is 34.0 Å². The molecule has 138 valence electrons. The Bertz CT molecular complexity index is 961. The topological polar surface area (TPSA) is 96.0 Å². The van der Waals surface area contributed by atoms with Crippen molar-refractivity contribution in [2.24, 2.45) is 0 Å². The number of hydrogen-bond acceptors (Lipinski definition) is 4. The lowest BCUT2D eigenvalue weighted by molar-refractivity contribution is -0.122. The maximum absolute atomic E-state index is 12.5. The second kappa shape index (κ2) is 8.57. The molecule has 3 N–H and O–H groups in total. The van der Waals surface area contributed by atoms with Crippen LogP contribution in [0.25, 0.3) is 10.9 Å². The average Bonchev–Trinajstić information content (AvgIpc) is 2.62. The van der Waals surface area contributed by atoms with Gasteiger partial charge in [-0.3, -0.25) is 19.0 Å². The van der Waals surface area contributed by atoms with E-state index in [-0.39, 0.29) is 16.2 Å². The number of H-pyrrole nitrogens is 1. The third kappa shape index (κ3) is 4.26. The number of rotatable bonds is 7. The molecule has 2 rings (SSSR count). The largest absolute Gasteiger partial charge is 0.354 e. The van der Waals surface area contributed by atoms with Crippen LogP contribution in [0, 0.1) is 4.77 Å². The van der Waals surface area contributed by atoms with Gasteiger partial charge in [-0.2, -0.15) is 0 Å². The van der Waals surface area contributed by atoms with Crippen LogP contribution in [0.2, 0.25) is 0 Å². The first-order valence-corrected chi connectivity index (χ1v) is 8.76. The van der Waals surface area contributed by atoms with Crippen molar-refractivity contribution in [2.75, 3.05) is 6.54 Å². The monoisotopic (exact) mass is 374 g/mol. The van der Waals surface area contributed by atoms with Gasteiger partial charge >= 0.3 is 0 Å². The van der Waals surface area contributed by atoms with Crippen LogP contribution in [0.1, 0.15) is 30.6 Å². The smallest absolute Gasteiger partial charge is 0.262 e. The van der Waals surface area contributed by atoms with Crippen molar-refractivity contribution >= 4 is 34.9 Å². The Morgan fingerprint density at radius 3 is 2.81 bits per heavy atom. The summed E-state index contributed by atoms with van der Waals surface area (Å²) in [6.07, 6.45) is 2.41. The lowest BCUT2D eigenvalue weighted by Crippen LogP contribution is -2.45. The fourth-order valence-corrected chi connectivity index (χ4v) is 2.70. The van der Waals surface area contributed by atoms with Crippen LogP contribution >= 0.6 is 12.2 Å². The average molecular weight is 374 g/mol. The van der Waals surface area contributed by atoms with Crippen molar-refractivity contribution in [3.05, 3.63) is 51.5 Å². The van der Waals surface area contributed by atoms with E-state index in [1.54, 1.807) is 31.2 Å². The summed E-state index contributed by atoms with van der Waals surface area (Å²) < 4.78 is 1.65. The molecule has 0 saturated heterocycles. The Balaban J connectivity index is 2.28. The molecule has 1 atom stereocenters. The molecule has 8 heteroatoms. The summed E-state index contributed by atoms with van der Waals surface area (Å²) in [6, 6.07) is 4.00. The first kappa shape index (κ1) is 19.6. The highest BCUT2D eigenvalue weighted by Crippen LogP contribution is 2.11. The second-order valence-corrected chi connectivity index (χ2v) is 6.27. The molecule has 2 amide bonds. The second-order valence-electron chi connectivity index (χ2n) is 5.88. The number of aromatic nitrogens is 2. The molecule has 2 aromatic rings. The van der Waals surface area contributed by atoms with Crippen LogP contribution in [0.3, 0.4) is 0 Å². The van der Waals surface area contributed by atoms with Crippen molar-refractivity contribution in [3.8, 4) is 0 Å². The van der Waals surface area contributed by atoms with Crippen LogP contribution in [0.15, 0.2) is 35.6 Å². The Labute approximate surface area is 156 Å². The van der Waals surface area contributed by atoms with Crippen LogP contribution < -0.4 is 16.2 Å². The Kier molecular flexibility index (Phi) is 6.46. The Morgan fingerprint density at radius 2 is 2.15 bits per heavy atom. The highest BCUT2D eigenvalue weighted by atomic mass is 32.1. The fraction of sp³-hybridized carbons (Fsp3) is 0.333. The van der Waals surface area contributed by atoms with Gasteiger partial charge in [0.2, 0.25) is 5.91 Å². The van der Waals surface area contributed by atoms with Crippen LogP contribution in [0.5, 0.6) is 0 Å². The number of fused-ring (bicyclic) bond motifs is 1. The molecular formula is C18H22N4O3S. The summed E-state index contributed by atoms with van der Waals surface area (Å²) in [5.41, 5.74) is 0.554. The van der Waals surface area contributed by atoms with Gasteiger partial charge in [0.25, 0.3) is 11.5 Å². The number of allylic oxidation sites excluding steroid dienone is 1. The molecule has 26 heavy (non-hydrogen) atoms. The molecular weight excluding hydrogens is 352 g/mol. The van der Waals surface area contributed by atoms with Gasteiger partial charge in [-0.25, -0.2) is 0 Å². The summed E-state index contributed by atoms with van der Waals surface area (Å²) in [4.78, 5) is 39.7. The molecule has 0 fully saturated rings. The van der Waals surface area contributed by atoms with E-state index in [2.05, 4.69) is 22.2 Å². The van der Waals surface area contributed by atoms with Gasteiger partial charge in [0.15, 0.2) is 4.77 Å². The number of nitrogens with zero attached hydrogens (tertiary/aromatic N) is 1. The maximum atomic E-state index is 12.5. The summed E-state index contributed by atoms with van der Waals surface area (Å²) in [7, 11) is 0. The Hall–Kier alpha value is -2.74. The molecule has 1 aromatic heterocycles. The van der Waals surface area contributed by atoms with E-state index in [1.807, 2.05) is 6.92 Å². The zero-order chi connectivity index (χ0) is 19.3. The number of nitrogens with one attached hydrogen (secondary N) is 3. The minimum atomic E-state index is -0.663. The van der Waals surface area contributed by atoms with E-state index in [4.69, 9.17) is 12.2 Å². The van der Waals surface area contributed by atoms with Gasteiger partial charge in [0.1, 0.15) is 6.04 Å². The number of amides is 2. The first-order valence-electron chi connectivity index (χ1n) is 8.35. The number of carbonyl (C=O) groups is 2. The Morgan fingerprint density at radius 1 is 1.42 bits per heavy atom. The van der Waals surface area contributed by atoms with Crippen molar-refractivity contribution in [1.82, 2.24) is 20.2 Å². The zero-order valence-electron chi connectivity index (χ0n) is 14.8. The first-order chi connectivity index (χ1) is 12.4. The molecule has 7 nitrogen and oxygen atoms in total. The molecule has 1 heterocycles. The number of benzene rings is 1. The molecule has 1 aromatic carbocycles. The van der Waals surface area contributed by atoms with Gasteiger partial charge in [0.05, 0.1) is 10.9 Å². The minimum absolute atomic E-state index is 0.243. The minimum Gasteiger partial charge on any atom is -0.354 e. The predicted octanol–water partition coefficient (Wildman–Crippen LogP) is 1.89. The molecule has 0 saturated carbocycles. The molecule has 0 aliphatic heterocycles. The molecule has 0 radical (unpaired) electrons. The zero-order valence-corrected chi connectivity index (χ0v) is 15.6. The van der Waals surface area contributed by atoms with E-state index >= 15 is 0 Å². The summed E-state index contributed by atoms with van der Waals surface area (Å²) >= 11 is 5.19. The molecule has 1 unspecified atom stereocenters. The quantitative estimate of drug-likeness (QED) is 0.509. The maximum Gasteiger partial charge on any atom is 0.262 e. The summed E-state index contributed by atoms with van der Waals surface area (Å²) in [5.74, 6) is -0.645. The van der Waals surface area contributed by atoms with Crippen molar-refractivity contribution in [1.29, 1.82) is 0 Å². The molecule has 0 aliphatic carbocycles. The third-order valence-electron chi connectivity index (χ3n) is 3.85. The molecule has 0 bridgehead atoms. The van der Waals surface area contributed by atoms with E-state index < -0.39 is 11.9 Å².